The lowest BCUT2D eigenvalue weighted by molar-refractivity contribution is 0.117. The summed E-state index contributed by atoms with van der Waals surface area (Å²) >= 11 is 6.84. The van der Waals surface area contributed by atoms with Gasteiger partial charge in [-0.2, -0.15) is 10.1 Å². The fourth-order valence-electron chi connectivity index (χ4n) is 5.15. The molecule has 1 aliphatic carbocycles. The van der Waals surface area contributed by atoms with E-state index in [1.165, 1.54) is 0 Å². The first-order valence-electron chi connectivity index (χ1n) is 13.3. The SMILES string of the molecule is Cn1c(Nc2cc(C(C)(C)C)n([C@H]3COC[C@H]3O)n2)nc2ncc(Oc3cnc4cnc(C5CC5)n4c3)c(Cl)c21. The lowest BCUT2D eigenvalue weighted by Gasteiger charge is -2.24. The maximum atomic E-state index is 10.4. The van der Waals surface area contributed by atoms with Gasteiger partial charge in [0, 0.05) is 30.1 Å². The van der Waals surface area contributed by atoms with E-state index < -0.39 is 6.10 Å². The molecule has 40 heavy (non-hydrogen) atoms. The summed E-state index contributed by atoms with van der Waals surface area (Å²) in [6, 6.07) is 1.72. The van der Waals surface area contributed by atoms with Crippen molar-refractivity contribution in [1.82, 2.24) is 38.7 Å². The van der Waals surface area contributed by atoms with Gasteiger partial charge < -0.3 is 24.5 Å². The minimum atomic E-state index is -0.615. The van der Waals surface area contributed by atoms with Crippen LogP contribution < -0.4 is 10.1 Å². The molecule has 12 nitrogen and oxygen atoms in total. The molecule has 2 atom stereocenters. The van der Waals surface area contributed by atoms with Gasteiger partial charge in [-0.25, -0.2) is 15.0 Å². The Morgan fingerprint density at radius 1 is 1.12 bits per heavy atom. The summed E-state index contributed by atoms with van der Waals surface area (Å²) < 4.78 is 17.3. The zero-order valence-corrected chi connectivity index (χ0v) is 23.4. The summed E-state index contributed by atoms with van der Waals surface area (Å²) in [6.07, 6.45) is 8.55. The van der Waals surface area contributed by atoms with E-state index in [0.29, 0.717) is 58.6 Å². The highest BCUT2D eigenvalue weighted by atomic mass is 35.5. The monoisotopic (exact) mass is 563 g/mol. The molecule has 0 bridgehead atoms. The maximum Gasteiger partial charge on any atom is 0.210 e. The Bertz CT molecular complexity index is 1750. The average molecular weight is 564 g/mol. The number of nitrogens with one attached hydrogen (secondary N) is 1. The van der Waals surface area contributed by atoms with Crippen molar-refractivity contribution in [3.8, 4) is 11.5 Å². The molecule has 0 unspecified atom stereocenters. The minimum Gasteiger partial charge on any atom is -0.451 e. The van der Waals surface area contributed by atoms with Gasteiger partial charge in [-0.15, -0.1) is 0 Å². The van der Waals surface area contributed by atoms with E-state index in [1.54, 1.807) is 18.6 Å². The van der Waals surface area contributed by atoms with E-state index in [0.717, 1.165) is 30.0 Å². The average Bonchev–Trinajstić information content (AvgIpc) is 3.21. The molecule has 6 heterocycles. The van der Waals surface area contributed by atoms with Crippen LogP contribution in [0.5, 0.6) is 11.5 Å². The van der Waals surface area contributed by atoms with Crippen molar-refractivity contribution in [2.45, 2.75) is 57.1 Å². The van der Waals surface area contributed by atoms with E-state index in [9.17, 15) is 5.11 Å². The minimum absolute atomic E-state index is 0.202. The van der Waals surface area contributed by atoms with Crippen molar-refractivity contribution in [2.24, 2.45) is 7.05 Å². The first kappa shape index (κ1) is 25.2. The van der Waals surface area contributed by atoms with Crippen LogP contribution in [0.15, 0.2) is 30.9 Å². The number of hydrogen-bond donors (Lipinski definition) is 2. The fraction of sp³-hybridized carbons (Fsp3) is 0.444. The van der Waals surface area contributed by atoms with Gasteiger partial charge in [0.15, 0.2) is 28.6 Å². The first-order chi connectivity index (χ1) is 19.2. The lowest BCUT2D eigenvalue weighted by Crippen LogP contribution is -2.28. The van der Waals surface area contributed by atoms with Gasteiger partial charge in [-0.05, 0) is 12.8 Å². The predicted octanol–water partition coefficient (Wildman–Crippen LogP) is 4.50. The number of rotatable bonds is 6. The van der Waals surface area contributed by atoms with Gasteiger partial charge in [0.05, 0.1) is 38.0 Å². The smallest absolute Gasteiger partial charge is 0.210 e. The molecular weight excluding hydrogens is 534 g/mol. The van der Waals surface area contributed by atoms with E-state index in [-0.39, 0.29) is 11.5 Å². The number of nitrogens with zero attached hydrogens (tertiary/aromatic N) is 8. The maximum absolute atomic E-state index is 10.4. The molecule has 1 saturated heterocycles. The van der Waals surface area contributed by atoms with E-state index >= 15 is 0 Å². The number of aliphatic hydroxyl groups is 1. The summed E-state index contributed by atoms with van der Waals surface area (Å²) in [6.45, 7) is 7.04. The lowest BCUT2D eigenvalue weighted by atomic mass is 9.91. The third-order valence-electron chi connectivity index (χ3n) is 7.44. The van der Waals surface area contributed by atoms with Gasteiger partial charge in [-0.3, -0.25) is 9.08 Å². The Morgan fingerprint density at radius 3 is 2.67 bits per heavy atom. The molecule has 0 amide bonds. The van der Waals surface area contributed by atoms with Crippen LogP contribution in [-0.4, -0.2) is 63.1 Å². The van der Waals surface area contributed by atoms with E-state index in [1.807, 2.05) is 33.0 Å². The molecule has 5 aromatic rings. The zero-order chi connectivity index (χ0) is 27.8. The fourth-order valence-corrected chi connectivity index (χ4v) is 5.45. The second-order valence-electron chi connectivity index (χ2n) is 11.5. The number of fused-ring (bicyclic) bond motifs is 2. The molecule has 5 aromatic heterocycles. The van der Waals surface area contributed by atoms with Crippen molar-refractivity contribution >= 4 is 40.2 Å². The Labute approximate surface area is 234 Å². The van der Waals surface area contributed by atoms with Crippen LogP contribution in [-0.2, 0) is 17.2 Å². The van der Waals surface area contributed by atoms with Crippen LogP contribution >= 0.6 is 11.6 Å². The molecule has 208 valence electrons. The van der Waals surface area contributed by atoms with E-state index in [2.05, 4.69) is 46.0 Å². The molecule has 0 spiro atoms. The number of hydrogen-bond acceptors (Lipinski definition) is 9. The van der Waals surface area contributed by atoms with Gasteiger partial charge in [-0.1, -0.05) is 32.4 Å². The van der Waals surface area contributed by atoms with Crippen molar-refractivity contribution in [1.29, 1.82) is 0 Å². The second-order valence-corrected chi connectivity index (χ2v) is 11.9. The number of aryl methyl sites for hydroxylation is 1. The molecule has 0 aromatic carbocycles. The molecular formula is C27H30ClN9O3. The summed E-state index contributed by atoms with van der Waals surface area (Å²) in [5.74, 6) is 3.53. The number of aromatic nitrogens is 8. The standard InChI is InChI=1S/C27H30ClN9O3/c1-27(2,3)19-7-20(34-37(19)16-12-39-13-17(16)38)32-26-33-24-23(35(26)4)22(28)18(9-30-24)40-15-8-29-21-10-31-25(14-5-6-14)36(21)11-15/h7-11,14,16-17,38H,5-6,12-13H2,1-4H3,(H,30,32,33,34)/t16-,17+/m0/s1. The van der Waals surface area contributed by atoms with Crippen LogP contribution in [0.3, 0.4) is 0 Å². The molecule has 13 heteroatoms. The normalized spacial score (nSPS) is 19.6. The van der Waals surface area contributed by atoms with Crippen molar-refractivity contribution in [3.63, 3.8) is 0 Å². The molecule has 7 rings (SSSR count). The van der Waals surface area contributed by atoms with Crippen LogP contribution in [0.1, 0.15) is 57.1 Å². The molecule has 1 aliphatic heterocycles. The summed E-state index contributed by atoms with van der Waals surface area (Å²) in [5, 5.41) is 18.9. The van der Waals surface area contributed by atoms with Crippen LogP contribution in [0.25, 0.3) is 16.8 Å². The molecule has 0 radical (unpaired) electrons. The third-order valence-corrected chi connectivity index (χ3v) is 7.81. The van der Waals surface area contributed by atoms with Crippen molar-refractivity contribution in [3.05, 3.63) is 47.4 Å². The zero-order valence-electron chi connectivity index (χ0n) is 22.7. The van der Waals surface area contributed by atoms with Gasteiger partial charge in [0.25, 0.3) is 0 Å². The third kappa shape index (κ3) is 4.27. The van der Waals surface area contributed by atoms with Gasteiger partial charge in [0.1, 0.15) is 28.5 Å². The van der Waals surface area contributed by atoms with Crippen molar-refractivity contribution < 1.29 is 14.6 Å². The van der Waals surface area contributed by atoms with Crippen LogP contribution in [0.2, 0.25) is 5.02 Å². The summed E-state index contributed by atoms with van der Waals surface area (Å²) in [5.41, 5.74) is 2.64. The quantitative estimate of drug-likeness (QED) is 0.306. The number of imidazole rings is 2. The summed E-state index contributed by atoms with van der Waals surface area (Å²) in [7, 11) is 1.85. The van der Waals surface area contributed by atoms with Crippen molar-refractivity contribution in [2.75, 3.05) is 18.5 Å². The highest BCUT2D eigenvalue weighted by Gasteiger charge is 2.34. The van der Waals surface area contributed by atoms with Gasteiger partial charge in [0.2, 0.25) is 5.95 Å². The predicted molar refractivity (Wildman–Crippen MR) is 149 cm³/mol. The van der Waals surface area contributed by atoms with Crippen LogP contribution in [0, 0.1) is 0 Å². The van der Waals surface area contributed by atoms with Crippen LogP contribution in [0.4, 0.5) is 11.8 Å². The Kier molecular flexibility index (Phi) is 5.77. The second kappa shape index (κ2) is 9.15. The highest BCUT2D eigenvalue weighted by molar-refractivity contribution is 6.36. The Balaban J connectivity index is 1.20. The van der Waals surface area contributed by atoms with E-state index in [4.69, 9.17) is 26.2 Å². The number of halogens is 1. The largest absolute Gasteiger partial charge is 0.451 e. The number of ether oxygens (including phenoxy) is 2. The molecule has 2 aliphatic rings. The molecule has 2 N–H and O–H groups in total. The Hall–Kier alpha value is -3.74. The highest BCUT2D eigenvalue weighted by Crippen LogP contribution is 2.40. The topological polar surface area (TPSA) is 129 Å². The number of anilines is 2. The van der Waals surface area contributed by atoms with Gasteiger partial charge >= 0.3 is 0 Å². The Morgan fingerprint density at radius 2 is 1.95 bits per heavy atom. The summed E-state index contributed by atoms with van der Waals surface area (Å²) in [4.78, 5) is 18.2. The molecule has 1 saturated carbocycles. The number of aliphatic hydroxyl groups excluding tert-OH is 1. The first-order valence-corrected chi connectivity index (χ1v) is 13.7. The molecule has 2 fully saturated rings. The number of pyridine rings is 1.